The van der Waals surface area contributed by atoms with Gasteiger partial charge in [-0.15, -0.1) is 0 Å². The lowest BCUT2D eigenvalue weighted by atomic mass is 9.95. The number of fused-ring (bicyclic) bond motifs is 1. The molecule has 1 unspecified atom stereocenters. The van der Waals surface area contributed by atoms with Crippen LogP contribution in [0.2, 0.25) is 0 Å². The highest BCUT2D eigenvalue weighted by atomic mass is 16.3. The molecule has 0 saturated carbocycles. The molecule has 1 atom stereocenters. The van der Waals surface area contributed by atoms with Gasteiger partial charge in [0.25, 0.3) is 0 Å². The Hall–Kier alpha value is -0.760. The molecule has 86 valence electrons. The Balaban J connectivity index is 0.000000531. The van der Waals surface area contributed by atoms with Crippen LogP contribution in [-0.2, 0) is 6.42 Å². The van der Waals surface area contributed by atoms with Gasteiger partial charge in [-0.2, -0.15) is 0 Å². The van der Waals surface area contributed by atoms with E-state index in [9.17, 15) is 5.11 Å². The Morgan fingerprint density at radius 2 is 2.07 bits per heavy atom. The number of furan rings is 1. The first-order chi connectivity index (χ1) is 7.18. The number of hydrogen-bond acceptors (Lipinski definition) is 2. The lowest BCUT2D eigenvalue weighted by Crippen LogP contribution is -2.05. The summed E-state index contributed by atoms with van der Waals surface area (Å²) in [4.78, 5) is 0. The molecule has 0 saturated heterocycles. The Kier molecular flexibility index (Phi) is 4.40. The Morgan fingerprint density at radius 1 is 1.40 bits per heavy atom. The van der Waals surface area contributed by atoms with E-state index in [4.69, 9.17) is 4.42 Å². The molecule has 0 aliphatic heterocycles. The molecular formula is C13H22O2. The van der Waals surface area contributed by atoms with E-state index in [1.54, 1.807) is 0 Å². The smallest absolute Gasteiger partial charge is 0.109 e. The average molecular weight is 210 g/mol. The molecule has 1 aromatic rings. The summed E-state index contributed by atoms with van der Waals surface area (Å²) < 4.78 is 5.68. The molecule has 2 nitrogen and oxygen atoms in total. The zero-order chi connectivity index (χ0) is 11.4. The summed E-state index contributed by atoms with van der Waals surface area (Å²) in [6.45, 7) is 8.22. The molecule has 15 heavy (non-hydrogen) atoms. The summed E-state index contributed by atoms with van der Waals surface area (Å²) in [6, 6.07) is 2.02. The number of aryl methyl sites for hydroxylation is 1. The minimum atomic E-state index is -0.292. The van der Waals surface area contributed by atoms with E-state index >= 15 is 0 Å². The van der Waals surface area contributed by atoms with Crippen LogP contribution in [0.15, 0.2) is 10.5 Å². The average Bonchev–Trinajstić information content (AvgIpc) is 2.66. The van der Waals surface area contributed by atoms with Gasteiger partial charge in [0, 0.05) is 17.9 Å². The van der Waals surface area contributed by atoms with E-state index < -0.39 is 0 Å². The molecule has 1 aliphatic carbocycles. The fourth-order valence-electron chi connectivity index (χ4n) is 1.84. The van der Waals surface area contributed by atoms with Gasteiger partial charge in [0.1, 0.15) is 11.5 Å². The fourth-order valence-corrected chi connectivity index (χ4v) is 1.84. The molecule has 0 bridgehead atoms. The highest BCUT2D eigenvalue weighted by Gasteiger charge is 2.23. The first-order valence-corrected chi connectivity index (χ1v) is 5.99. The monoisotopic (exact) mass is 210 g/mol. The molecule has 0 amide bonds. The van der Waals surface area contributed by atoms with E-state index in [0.717, 1.165) is 36.3 Å². The van der Waals surface area contributed by atoms with Gasteiger partial charge in [-0.3, -0.25) is 0 Å². The van der Waals surface area contributed by atoms with Gasteiger partial charge in [0.05, 0.1) is 6.10 Å². The number of aliphatic hydroxyl groups is 1. The fraction of sp³-hybridized carbons (Fsp3) is 0.692. The molecular weight excluding hydrogens is 188 g/mol. The highest BCUT2D eigenvalue weighted by molar-refractivity contribution is 5.27. The minimum Gasteiger partial charge on any atom is -0.465 e. The van der Waals surface area contributed by atoms with Gasteiger partial charge < -0.3 is 9.52 Å². The maximum atomic E-state index is 9.70. The summed E-state index contributed by atoms with van der Waals surface area (Å²) in [5.74, 6) is 2.42. The van der Waals surface area contributed by atoms with Gasteiger partial charge in [0.15, 0.2) is 0 Å². The second-order valence-corrected chi connectivity index (χ2v) is 4.09. The van der Waals surface area contributed by atoms with Crippen LogP contribution in [0.4, 0.5) is 0 Å². The maximum Gasteiger partial charge on any atom is 0.109 e. The quantitative estimate of drug-likeness (QED) is 0.764. The van der Waals surface area contributed by atoms with Crippen molar-refractivity contribution in [2.24, 2.45) is 0 Å². The van der Waals surface area contributed by atoms with Crippen LogP contribution in [-0.4, -0.2) is 5.11 Å². The Morgan fingerprint density at radius 3 is 2.60 bits per heavy atom. The highest BCUT2D eigenvalue weighted by Crippen LogP contribution is 2.33. The number of rotatable bonds is 1. The van der Waals surface area contributed by atoms with E-state index in [1.165, 1.54) is 0 Å². The van der Waals surface area contributed by atoms with Crippen molar-refractivity contribution in [2.45, 2.75) is 59.0 Å². The van der Waals surface area contributed by atoms with Gasteiger partial charge in [-0.1, -0.05) is 27.7 Å². The summed E-state index contributed by atoms with van der Waals surface area (Å²) in [5.41, 5.74) is 1.02. The first-order valence-electron chi connectivity index (χ1n) is 5.99. The Labute approximate surface area is 92.3 Å². The minimum absolute atomic E-state index is 0.292. The van der Waals surface area contributed by atoms with Crippen molar-refractivity contribution in [1.82, 2.24) is 0 Å². The Bertz CT molecular complexity index is 299. The van der Waals surface area contributed by atoms with E-state index in [-0.39, 0.29) is 6.10 Å². The van der Waals surface area contributed by atoms with E-state index in [1.807, 2.05) is 19.9 Å². The van der Waals surface area contributed by atoms with Crippen LogP contribution >= 0.6 is 0 Å². The van der Waals surface area contributed by atoms with Crippen molar-refractivity contribution < 1.29 is 9.52 Å². The van der Waals surface area contributed by atoms with Crippen molar-refractivity contribution in [3.8, 4) is 0 Å². The van der Waals surface area contributed by atoms with E-state index in [2.05, 4.69) is 13.8 Å². The number of hydrogen-bond donors (Lipinski definition) is 1. The first kappa shape index (κ1) is 12.3. The van der Waals surface area contributed by atoms with Crippen LogP contribution < -0.4 is 0 Å². The molecule has 0 aromatic carbocycles. The van der Waals surface area contributed by atoms with Crippen molar-refractivity contribution in [3.05, 3.63) is 23.2 Å². The van der Waals surface area contributed by atoms with Crippen LogP contribution in [0, 0.1) is 0 Å². The van der Waals surface area contributed by atoms with Gasteiger partial charge >= 0.3 is 0 Å². The van der Waals surface area contributed by atoms with Crippen LogP contribution in [0.5, 0.6) is 0 Å². The van der Waals surface area contributed by atoms with Crippen molar-refractivity contribution in [1.29, 1.82) is 0 Å². The van der Waals surface area contributed by atoms with Crippen molar-refractivity contribution in [3.63, 3.8) is 0 Å². The summed E-state index contributed by atoms with van der Waals surface area (Å²) in [5, 5.41) is 9.70. The molecule has 1 N–H and O–H groups in total. The maximum absolute atomic E-state index is 9.70. The second kappa shape index (κ2) is 5.36. The van der Waals surface area contributed by atoms with Crippen LogP contribution in [0.3, 0.4) is 0 Å². The molecule has 0 spiro atoms. The molecule has 0 fully saturated rings. The standard InChI is InChI=1S/C11H16O2.C2H6/c1-7(2)11-6-8-9(12)4-3-5-10(8)13-11;1-2/h6-7,9,12H,3-5H2,1-2H3;1-2H3. The number of aliphatic hydroxyl groups excluding tert-OH is 1. The zero-order valence-electron chi connectivity index (χ0n) is 10.2. The molecule has 1 heterocycles. The summed E-state index contributed by atoms with van der Waals surface area (Å²) in [7, 11) is 0. The topological polar surface area (TPSA) is 33.4 Å². The third kappa shape index (κ3) is 2.63. The van der Waals surface area contributed by atoms with Gasteiger partial charge in [-0.05, 0) is 18.9 Å². The third-order valence-corrected chi connectivity index (χ3v) is 2.67. The normalized spacial score (nSPS) is 19.5. The molecule has 2 heteroatoms. The van der Waals surface area contributed by atoms with E-state index in [0.29, 0.717) is 5.92 Å². The largest absolute Gasteiger partial charge is 0.465 e. The molecule has 1 aliphatic rings. The summed E-state index contributed by atoms with van der Waals surface area (Å²) in [6.07, 6.45) is 2.61. The molecule has 0 radical (unpaired) electrons. The SMILES string of the molecule is CC.CC(C)c1cc2c(o1)CCCC2O. The van der Waals surface area contributed by atoms with Crippen molar-refractivity contribution >= 4 is 0 Å². The third-order valence-electron chi connectivity index (χ3n) is 2.67. The lowest BCUT2D eigenvalue weighted by Gasteiger charge is -2.15. The van der Waals surface area contributed by atoms with Gasteiger partial charge in [-0.25, -0.2) is 0 Å². The predicted octanol–water partition coefficient (Wildman–Crippen LogP) is 3.80. The van der Waals surface area contributed by atoms with Crippen molar-refractivity contribution in [2.75, 3.05) is 0 Å². The zero-order valence-corrected chi connectivity index (χ0v) is 10.2. The predicted molar refractivity (Wildman–Crippen MR) is 62.0 cm³/mol. The van der Waals surface area contributed by atoms with Crippen LogP contribution in [0.1, 0.15) is 69.6 Å². The molecule has 1 aromatic heterocycles. The second-order valence-electron chi connectivity index (χ2n) is 4.09. The molecule has 2 rings (SSSR count). The lowest BCUT2D eigenvalue weighted by molar-refractivity contribution is 0.152. The van der Waals surface area contributed by atoms with Crippen LogP contribution in [0.25, 0.3) is 0 Å². The summed E-state index contributed by atoms with van der Waals surface area (Å²) >= 11 is 0. The van der Waals surface area contributed by atoms with Gasteiger partial charge in [0.2, 0.25) is 0 Å².